The maximum absolute atomic E-state index is 13.5. The molecule has 1 N–H and O–H groups in total. The number of nitrogens with one attached hydrogen (secondary N) is 1. The molecule has 6 heteroatoms. The molecule has 1 aliphatic rings. The summed E-state index contributed by atoms with van der Waals surface area (Å²) in [6.07, 6.45) is 3.20. The molecule has 0 saturated heterocycles. The van der Waals surface area contributed by atoms with Gasteiger partial charge in [-0.2, -0.15) is 0 Å². The van der Waals surface area contributed by atoms with Crippen LogP contribution < -0.4 is 10.1 Å². The molecule has 0 bridgehead atoms. The molecule has 0 spiro atoms. The number of carbonyl (C=O) groups excluding carboxylic acids is 1. The molecule has 0 radical (unpaired) electrons. The van der Waals surface area contributed by atoms with Crippen molar-refractivity contribution in [1.29, 1.82) is 0 Å². The van der Waals surface area contributed by atoms with Crippen molar-refractivity contribution < 1.29 is 9.53 Å². The number of para-hydroxylation sites is 1. The van der Waals surface area contributed by atoms with Crippen LogP contribution in [0, 0.1) is 0 Å². The highest BCUT2D eigenvalue weighted by atomic mass is 79.9. The molecule has 3 aromatic rings. The SMILES string of the molecule is COc1ccccc1CCCC(=O)N1CCN(Cc2ccccc2)CCCNc2ccc(Br)cc2C1. The Balaban J connectivity index is 1.46. The third kappa shape index (κ3) is 7.58. The first-order chi connectivity index (χ1) is 17.6. The zero-order valence-electron chi connectivity index (χ0n) is 21.1. The number of ether oxygens (including phenoxy) is 1. The smallest absolute Gasteiger partial charge is 0.222 e. The minimum Gasteiger partial charge on any atom is -0.496 e. The molecule has 0 aromatic heterocycles. The lowest BCUT2D eigenvalue weighted by Gasteiger charge is -2.28. The standard InChI is InChI=1S/C30H36BrN3O2/c1-36-29-13-6-5-11-25(29)12-7-14-30(35)34-20-19-33(22-24-9-3-2-4-10-24)18-8-17-32-28-16-15-27(31)21-26(28)23-34/h2-6,9-11,13,15-16,21,32H,7-8,12,14,17-20,22-23H2,1H3. The normalized spacial score (nSPS) is 14.9. The summed E-state index contributed by atoms with van der Waals surface area (Å²) in [6, 6.07) is 25.0. The second kappa shape index (κ2) is 13.5. The number of aryl methyl sites for hydroxylation is 1. The van der Waals surface area contributed by atoms with Gasteiger partial charge in [0.05, 0.1) is 7.11 Å². The van der Waals surface area contributed by atoms with Gasteiger partial charge < -0.3 is 15.0 Å². The third-order valence-corrected chi connectivity index (χ3v) is 7.21. The van der Waals surface area contributed by atoms with Gasteiger partial charge in [-0.15, -0.1) is 0 Å². The third-order valence-electron chi connectivity index (χ3n) is 6.71. The largest absolute Gasteiger partial charge is 0.496 e. The Bertz CT molecular complexity index is 1120. The number of hydrogen-bond acceptors (Lipinski definition) is 4. The molecule has 4 rings (SSSR count). The van der Waals surface area contributed by atoms with Gasteiger partial charge in [0.25, 0.3) is 0 Å². The van der Waals surface area contributed by atoms with Gasteiger partial charge in [0, 0.05) is 55.8 Å². The van der Waals surface area contributed by atoms with Gasteiger partial charge in [0.15, 0.2) is 0 Å². The van der Waals surface area contributed by atoms with Crippen molar-refractivity contribution in [3.63, 3.8) is 0 Å². The van der Waals surface area contributed by atoms with Gasteiger partial charge >= 0.3 is 0 Å². The van der Waals surface area contributed by atoms with Crippen LogP contribution in [-0.4, -0.2) is 49.0 Å². The van der Waals surface area contributed by atoms with E-state index in [-0.39, 0.29) is 5.91 Å². The van der Waals surface area contributed by atoms with E-state index in [9.17, 15) is 4.79 Å². The zero-order valence-corrected chi connectivity index (χ0v) is 22.7. The fourth-order valence-corrected chi connectivity index (χ4v) is 5.17. The van der Waals surface area contributed by atoms with Crippen LogP contribution in [0.2, 0.25) is 0 Å². The molecule has 0 aliphatic carbocycles. The number of carbonyl (C=O) groups is 1. The van der Waals surface area contributed by atoms with Crippen LogP contribution >= 0.6 is 15.9 Å². The Morgan fingerprint density at radius 1 is 1.00 bits per heavy atom. The summed E-state index contributed by atoms with van der Waals surface area (Å²) in [4.78, 5) is 18.0. The molecule has 0 fully saturated rings. The molecule has 190 valence electrons. The molecule has 1 heterocycles. The first kappa shape index (κ1) is 26.2. The number of rotatable bonds is 7. The molecule has 0 saturated carbocycles. The quantitative estimate of drug-likeness (QED) is 0.385. The Morgan fingerprint density at radius 2 is 1.81 bits per heavy atom. The maximum Gasteiger partial charge on any atom is 0.222 e. The second-order valence-corrected chi connectivity index (χ2v) is 10.2. The number of benzene rings is 3. The van der Waals surface area contributed by atoms with Crippen LogP contribution in [0.1, 0.15) is 36.0 Å². The number of anilines is 1. The van der Waals surface area contributed by atoms with Gasteiger partial charge in [0.2, 0.25) is 5.91 Å². The monoisotopic (exact) mass is 549 g/mol. The van der Waals surface area contributed by atoms with E-state index in [1.807, 2.05) is 23.1 Å². The van der Waals surface area contributed by atoms with E-state index in [0.717, 1.165) is 72.5 Å². The molecule has 0 unspecified atom stereocenters. The van der Waals surface area contributed by atoms with E-state index in [1.165, 1.54) is 5.56 Å². The Labute approximate surface area is 223 Å². The summed E-state index contributed by atoms with van der Waals surface area (Å²) in [6.45, 7) is 4.97. The van der Waals surface area contributed by atoms with Gasteiger partial charge in [0.1, 0.15) is 5.75 Å². The molecular weight excluding hydrogens is 514 g/mol. The number of methoxy groups -OCH3 is 1. The summed E-state index contributed by atoms with van der Waals surface area (Å²) in [5.74, 6) is 1.09. The van der Waals surface area contributed by atoms with Crippen LogP contribution in [0.25, 0.3) is 0 Å². The first-order valence-electron chi connectivity index (χ1n) is 12.8. The van der Waals surface area contributed by atoms with E-state index < -0.39 is 0 Å². The molecular formula is C30H36BrN3O2. The highest BCUT2D eigenvalue weighted by molar-refractivity contribution is 9.10. The summed E-state index contributed by atoms with van der Waals surface area (Å²) < 4.78 is 6.52. The molecule has 3 aromatic carbocycles. The average molecular weight is 551 g/mol. The van der Waals surface area contributed by atoms with E-state index in [0.29, 0.717) is 19.5 Å². The van der Waals surface area contributed by atoms with Gasteiger partial charge in [-0.3, -0.25) is 9.69 Å². The lowest BCUT2D eigenvalue weighted by Crippen LogP contribution is -2.38. The van der Waals surface area contributed by atoms with Gasteiger partial charge in [-0.25, -0.2) is 0 Å². The highest BCUT2D eigenvalue weighted by Gasteiger charge is 2.19. The van der Waals surface area contributed by atoms with Crippen molar-refractivity contribution in [2.45, 2.75) is 38.8 Å². The summed E-state index contributed by atoms with van der Waals surface area (Å²) >= 11 is 3.62. The number of halogens is 1. The Hall–Kier alpha value is -2.83. The molecule has 1 aliphatic heterocycles. The molecule has 36 heavy (non-hydrogen) atoms. The van der Waals surface area contributed by atoms with Gasteiger partial charge in [-0.05, 0) is 60.2 Å². The molecule has 5 nitrogen and oxygen atoms in total. The topological polar surface area (TPSA) is 44.8 Å². The minimum absolute atomic E-state index is 0.203. The number of fused-ring (bicyclic) bond motifs is 1. The summed E-state index contributed by atoms with van der Waals surface area (Å²) in [5, 5.41) is 3.61. The van der Waals surface area contributed by atoms with Crippen molar-refractivity contribution in [2.75, 3.05) is 38.6 Å². The summed E-state index contributed by atoms with van der Waals surface area (Å²) in [7, 11) is 1.70. The van der Waals surface area contributed by atoms with Crippen molar-refractivity contribution in [3.8, 4) is 5.75 Å². The average Bonchev–Trinajstić information content (AvgIpc) is 2.93. The molecule has 0 atom stereocenters. The van der Waals surface area contributed by atoms with Crippen molar-refractivity contribution >= 4 is 27.5 Å². The fraction of sp³-hybridized carbons (Fsp3) is 0.367. The van der Waals surface area contributed by atoms with E-state index in [4.69, 9.17) is 4.74 Å². The van der Waals surface area contributed by atoms with Crippen LogP contribution in [0.4, 0.5) is 5.69 Å². The number of amides is 1. The van der Waals surface area contributed by atoms with Crippen LogP contribution in [-0.2, 0) is 24.3 Å². The Kier molecular flexibility index (Phi) is 9.82. The lowest BCUT2D eigenvalue weighted by molar-refractivity contribution is -0.132. The lowest BCUT2D eigenvalue weighted by atomic mass is 10.1. The minimum atomic E-state index is 0.203. The van der Waals surface area contributed by atoms with Crippen molar-refractivity contribution in [1.82, 2.24) is 9.80 Å². The van der Waals surface area contributed by atoms with E-state index >= 15 is 0 Å². The first-order valence-corrected chi connectivity index (χ1v) is 13.6. The van der Waals surface area contributed by atoms with Gasteiger partial charge in [-0.1, -0.05) is 64.5 Å². The van der Waals surface area contributed by atoms with E-state index in [2.05, 4.69) is 80.7 Å². The van der Waals surface area contributed by atoms with Crippen LogP contribution in [0.5, 0.6) is 5.75 Å². The second-order valence-electron chi connectivity index (χ2n) is 9.32. The fourth-order valence-electron chi connectivity index (χ4n) is 4.76. The van der Waals surface area contributed by atoms with Crippen molar-refractivity contribution in [2.24, 2.45) is 0 Å². The zero-order chi connectivity index (χ0) is 25.2. The predicted octanol–water partition coefficient (Wildman–Crippen LogP) is 6.13. The molecule has 1 amide bonds. The maximum atomic E-state index is 13.5. The van der Waals surface area contributed by atoms with Crippen LogP contribution in [0.15, 0.2) is 77.3 Å². The highest BCUT2D eigenvalue weighted by Crippen LogP contribution is 2.24. The Morgan fingerprint density at radius 3 is 2.64 bits per heavy atom. The summed E-state index contributed by atoms with van der Waals surface area (Å²) in [5.41, 5.74) is 4.72. The predicted molar refractivity (Wildman–Crippen MR) is 150 cm³/mol. The number of hydrogen-bond donors (Lipinski definition) is 1. The van der Waals surface area contributed by atoms with Crippen molar-refractivity contribution in [3.05, 3.63) is 94.0 Å². The van der Waals surface area contributed by atoms with E-state index in [1.54, 1.807) is 7.11 Å². The van der Waals surface area contributed by atoms with Crippen LogP contribution in [0.3, 0.4) is 0 Å². The number of nitrogens with zero attached hydrogens (tertiary/aromatic N) is 2.